The second kappa shape index (κ2) is 6.34. The number of anilines is 2. The molecule has 2 N–H and O–H groups in total. The summed E-state index contributed by atoms with van der Waals surface area (Å²) in [4.78, 5) is 9.23. The van der Waals surface area contributed by atoms with Gasteiger partial charge >= 0.3 is 0 Å². The third kappa shape index (κ3) is 3.97. The molecule has 0 bridgehead atoms. The molecular weight excluding hydrogens is 272 g/mol. The highest BCUT2D eigenvalue weighted by molar-refractivity contribution is 5.45. The maximum absolute atomic E-state index is 4.64. The van der Waals surface area contributed by atoms with Gasteiger partial charge in [-0.05, 0) is 39.2 Å². The van der Waals surface area contributed by atoms with Gasteiger partial charge in [0.2, 0.25) is 5.95 Å². The monoisotopic (exact) mass is 296 g/mol. The van der Waals surface area contributed by atoms with Gasteiger partial charge in [0.1, 0.15) is 5.82 Å². The molecule has 1 fully saturated rings. The van der Waals surface area contributed by atoms with Crippen molar-refractivity contribution in [3.63, 3.8) is 0 Å². The van der Waals surface area contributed by atoms with E-state index >= 15 is 0 Å². The average molecular weight is 296 g/mol. The van der Waals surface area contributed by atoms with Crippen molar-refractivity contribution < 1.29 is 0 Å². The Hall–Kier alpha value is -2.10. The van der Waals surface area contributed by atoms with Gasteiger partial charge in [-0.15, -0.1) is 0 Å². The summed E-state index contributed by atoms with van der Waals surface area (Å²) >= 11 is 0. The molecule has 1 aliphatic carbocycles. The molecule has 1 aromatic heterocycles. The molecular formula is C18H24N4. The van der Waals surface area contributed by atoms with Gasteiger partial charge in [-0.2, -0.15) is 4.98 Å². The Kier molecular flexibility index (Phi) is 4.27. The van der Waals surface area contributed by atoms with Gasteiger partial charge < -0.3 is 10.6 Å². The summed E-state index contributed by atoms with van der Waals surface area (Å²) < 4.78 is 0. The number of nitrogens with zero attached hydrogens (tertiary/aromatic N) is 2. The van der Waals surface area contributed by atoms with Crippen LogP contribution < -0.4 is 10.6 Å². The summed E-state index contributed by atoms with van der Waals surface area (Å²) in [5.41, 5.74) is 3.71. The molecule has 0 amide bonds. The zero-order valence-corrected chi connectivity index (χ0v) is 13.6. The van der Waals surface area contributed by atoms with Crippen LogP contribution in [-0.2, 0) is 6.54 Å². The van der Waals surface area contributed by atoms with E-state index in [1.54, 1.807) is 0 Å². The lowest BCUT2D eigenvalue weighted by Gasteiger charge is -2.13. The lowest BCUT2D eigenvalue weighted by molar-refractivity contribution is 0.862. The summed E-state index contributed by atoms with van der Waals surface area (Å²) in [5.74, 6) is 2.25. The minimum absolute atomic E-state index is 0.332. The fourth-order valence-electron chi connectivity index (χ4n) is 2.48. The second-order valence-corrected chi connectivity index (χ2v) is 6.42. The van der Waals surface area contributed by atoms with Crippen molar-refractivity contribution in [1.29, 1.82) is 0 Å². The van der Waals surface area contributed by atoms with Crippen molar-refractivity contribution in [3.8, 4) is 0 Å². The minimum Gasteiger partial charge on any atom is -0.366 e. The van der Waals surface area contributed by atoms with Gasteiger partial charge in [0.05, 0.1) is 5.69 Å². The van der Waals surface area contributed by atoms with Gasteiger partial charge in [0.25, 0.3) is 0 Å². The largest absolute Gasteiger partial charge is 0.366 e. The molecule has 0 aliphatic heterocycles. The number of rotatable bonds is 6. The molecule has 4 nitrogen and oxygen atoms in total. The number of aromatic nitrogens is 2. The van der Waals surface area contributed by atoms with Crippen LogP contribution in [0.1, 0.15) is 49.4 Å². The van der Waals surface area contributed by atoms with Gasteiger partial charge in [0, 0.05) is 24.6 Å². The molecule has 116 valence electrons. The lowest BCUT2D eigenvalue weighted by atomic mass is 10.1. The number of nitrogens with one attached hydrogen (secondary N) is 2. The first-order valence-electron chi connectivity index (χ1n) is 8.05. The van der Waals surface area contributed by atoms with Gasteiger partial charge in [0.15, 0.2) is 0 Å². The van der Waals surface area contributed by atoms with Crippen LogP contribution in [0, 0.1) is 6.92 Å². The Balaban J connectivity index is 1.75. The number of hydrogen-bond acceptors (Lipinski definition) is 4. The van der Waals surface area contributed by atoms with Crippen LogP contribution in [0.2, 0.25) is 0 Å². The van der Waals surface area contributed by atoms with Gasteiger partial charge in [-0.3, -0.25) is 0 Å². The van der Waals surface area contributed by atoms with E-state index in [-0.39, 0.29) is 0 Å². The summed E-state index contributed by atoms with van der Waals surface area (Å²) in [7, 11) is 0. The molecule has 4 heteroatoms. The lowest BCUT2D eigenvalue weighted by Crippen LogP contribution is -2.14. The summed E-state index contributed by atoms with van der Waals surface area (Å²) in [6, 6.07) is 11.0. The van der Waals surface area contributed by atoms with E-state index in [4.69, 9.17) is 0 Å². The molecule has 1 aliphatic rings. The molecule has 22 heavy (non-hydrogen) atoms. The maximum atomic E-state index is 4.64. The van der Waals surface area contributed by atoms with Crippen LogP contribution in [0.3, 0.4) is 0 Å². The highest BCUT2D eigenvalue weighted by atomic mass is 15.2. The van der Waals surface area contributed by atoms with Gasteiger partial charge in [-0.25, -0.2) is 4.98 Å². The van der Waals surface area contributed by atoms with E-state index in [9.17, 15) is 0 Å². The topological polar surface area (TPSA) is 49.8 Å². The highest BCUT2D eigenvalue weighted by Gasteiger charge is 2.26. The molecule has 0 atom stereocenters. The predicted molar refractivity (Wildman–Crippen MR) is 91.3 cm³/mol. The van der Waals surface area contributed by atoms with Crippen molar-refractivity contribution in [2.24, 2.45) is 0 Å². The standard InChI is InChI=1S/C18H24N4/c1-12(2)20-18-21-16(15-7-8-15)10-17(22-18)19-11-14-6-4-5-13(3)9-14/h4-6,9-10,12,15H,7-8,11H2,1-3H3,(H2,19,20,21,22). The second-order valence-electron chi connectivity index (χ2n) is 6.42. The van der Waals surface area contributed by atoms with Crippen molar-refractivity contribution in [3.05, 3.63) is 47.2 Å². The predicted octanol–water partition coefficient (Wildman–Crippen LogP) is 4.09. The third-order valence-electron chi connectivity index (χ3n) is 3.72. The molecule has 0 saturated heterocycles. The Bertz CT molecular complexity index is 647. The van der Waals surface area contributed by atoms with Crippen molar-refractivity contribution >= 4 is 11.8 Å². The molecule has 3 rings (SSSR count). The number of aryl methyl sites for hydroxylation is 1. The minimum atomic E-state index is 0.332. The van der Waals surface area contributed by atoms with Crippen molar-refractivity contribution in [1.82, 2.24) is 9.97 Å². The molecule has 0 spiro atoms. The van der Waals surface area contributed by atoms with Crippen molar-refractivity contribution in [2.75, 3.05) is 10.6 Å². The van der Waals surface area contributed by atoms with Crippen LogP contribution in [0.15, 0.2) is 30.3 Å². The third-order valence-corrected chi connectivity index (χ3v) is 3.72. The van der Waals surface area contributed by atoms with E-state index < -0.39 is 0 Å². The molecule has 0 radical (unpaired) electrons. The van der Waals surface area contributed by atoms with E-state index in [1.807, 2.05) is 0 Å². The van der Waals surface area contributed by atoms with E-state index in [0.29, 0.717) is 12.0 Å². The fourth-order valence-corrected chi connectivity index (χ4v) is 2.48. The van der Waals surface area contributed by atoms with Crippen LogP contribution in [0.25, 0.3) is 0 Å². The molecule has 1 saturated carbocycles. The SMILES string of the molecule is Cc1cccc(CNc2cc(C3CC3)nc(NC(C)C)n2)c1. The first-order chi connectivity index (χ1) is 10.6. The smallest absolute Gasteiger partial charge is 0.225 e. The average Bonchev–Trinajstić information content (AvgIpc) is 3.29. The molecule has 1 aromatic carbocycles. The Morgan fingerprint density at radius 1 is 1.18 bits per heavy atom. The zero-order chi connectivity index (χ0) is 15.5. The molecule has 2 aromatic rings. The van der Waals surface area contributed by atoms with E-state index in [2.05, 4.69) is 71.7 Å². The Morgan fingerprint density at radius 2 is 2.00 bits per heavy atom. The molecule has 1 heterocycles. The zero-order valence-electron chi connectivity index (χ0n) is 13.6. The summed E-state index contributed by atoms with van der Waals surface area (Å²) in [6.45, 7) is 7.11. The van der Waals surface area contributed by atoms with Crippen LogP contribution in [0.4, 0.5) is 11.8 Å². The summed E-state index contributed by atoms with van der Waals surface area (Å²) in [5, 5.41) is 6.75. The number of benzene rings is 1. The Morgan fingerprint density at radius 3 is 2.68 bits per heavy atom. The van der Waals surface area contributed by atoms with Crippen molar-refractivity contribution in [2.45, 2.75) is 52.1 Å². The Labute approximate surface area is 132 Å². The van der Waals surface area contributed by atoms with Crippen LogP contribution in [0.5, 0.6) is 0 Å². The van der Waals surface area contributed by atoms with Gasteiger partial charge in [-0.1, -0.05) is 29.8 Å². The van der Waals surface area contributed by atoms with Crippen LogP contribution >= 0.6 is 0 Å². The normalized spacial score (nSPS) is 14.2. The van der Waals surface area contributed by atoms with Crippen LogP contribution in [-0.4, -0.2) is 16.0 Å². The fraction of sp³-hybridized carbons (Fsp3) is 0.444. The first kappa shape index (κ1) is 14.8. The van der Waals surface area contributed by atoms with E-state index in [1.165, 1.54) is 24.0 Å². The first-order valence-corrected chi connectivity index (χ1v) is 8.05. The molecule has 0 unspecified atom stereocenters. The maximum Gasteiger partial charge on any atom is 0.225 e. The van der Waals surface area contributed by atoms with E-state index in [0.717, 1.165) is 24.0 Å². The highest BCUT2D eigenvalue weighted by Crippen LogP contribution is 2.39. The summed E-state index contributed by atoms with van der Waals surface area (Å²) in [6.07, 6.45) is 2.49. The quantitative estimate of drug-likeness (QED) is 0.843. The number of hydrogen-bond donors (Lipinski definition) is 2.